The van der Waals surface area contributed by atoms with Crippen molar-refractivity contribution in [2.75, 3.05) is 0 Å². The highest BCUT2D eigenvalue weighted by Crippen LogP contribution is 1.68. The van der Waals surface area contributed by atoms with Crippen LogP contribution in [0.25, 0.3) is 0 Å². The molecule has 0 unspecified atom stereocenters. The summed E-state index contributed by atoms with van der Waals surface area (Å²) in [5, 5.41) is 7.87. The first-order chi connectivity index (χ1) is 5.36. The highest BCUT2D eigenvalue weighted by atomic mass is 32.2. The Kier molecular flexibility index (Phi) is 8.73. The minimum atomic E-state index is -2.61. The molecule has 7 nitrogen and oxygen atoms in total. The molecule has 0 aromatic rings. The summed E-state index contributed by atoms with van der Waals surface area (Å²) in [5.74, 6) is -1.93. The third kappa shape index (κ3) is 37.4. The fourth-order valence-electron chi connectivity index (χ4n) is 0.153. The normalized spacial score (nSPS) is 9.25. The number of carboxylic acid groups (broad SMARTS) is 1. The first kappa shape index (κ1) is 13.3. The van der Waals surface area contributed by atoms with Gasteiger partial charge in [-0.25, -0.2) is 4.79 Å². The molecule has 0 rings (SSSR count). The maximum absolute atomic E-state index is 9.78. The maximum atomic E-state index is 9.78. The molecule has 0 aliphatic heterocycles. The topological polar surface area (TPSA) is 138 Å². The predicted octanol–water partition coefficient (Wildman–Crippen LogP) is -1.21. The first-order valence-corrected chi connectivity index (χ1v) is 3.43. The first-order valence-electron chi connectivity index (χ1n) is 2.36. The van der Waals surface area contributed by atoms with Gasteiger partial charge in [0.15, 0.2) is 0 Å². The standard InChI is InChI=1S/C4H5NO3.H2O3S/c5-3(6)1-2-4(7)8;1-4(2)3/h1-2H,(H2,5,6)(H,7,8);(H2,1,2,3)/b2-1-;. The van der Waals surface area contributed by atoms with E-state index in [1.54, 1.807) is 0 Å². The highest BCUT2D eigenvalue weighted by Gasteiger charge is 1.86. The van der Waals surface area contributed by atoms with E-state index >= 15 is 0 Å². The Morgan fingerprint density at radius 2 is 1.58 bits per heavy atom. The van der Waals surface area contributed by atoms with Crippen LogP contribution >= 0.6 is 0 Å². The van der Waals surface area contributed by atoms with Crippen LogP contribution in [0.3, 0.4) is 0 Å². The molecule has 0 aromatic heterocycles. The number of rotatable bonds is 2. The fourth-order valence-corrected chi connectivity index (χ4v) is 0.153. The van der Waals surface area contributed by atoms with Gasteiger partial charge in [-0.1, -0.05) is 0 Å². The molecule has 0 spiro atoms. The third-order valence-corrected chi connectivity index (χ3v) is 0.390. The van der Waals surface area contributed by atoms with Crippen molar-refractivity contribution in [1.29, 1.82) is 0 Å². The zero-order valence-corrected chi connectivity index (χ0v) is 6.52. The van der Waals surface area contributed by atoms with Gasteiger partial charge in [-0.2, -0.15) is 4.21 Å². The van der Waals surface area contributed by atoms with Crippen LogP contribution in [-0.4, -0.2) is 30.3 Å². The van der Waals surface area contributed by atoms with Gasteiger partial charge in [-0.3, -0.25) is 13.9 Å². The van der Waals surface area contributed by atoms with Crippen molar-refractivity contribution in [3.05, 3.63) is 12.2 Å². The zero-order valence-electron chi connectivity index (χ0n) is 5.71. The number of hydrogen-bond acceptors (Lipinski definition) is 3. The maximum Gasteiger partial charge on any atom is 0.328 e. The SMILES string of the molecule is NC(=O)/C=C\C(=O)O.O=S(O)O. The Hall–Kier alpha value is -1.25. The number of carboxylic acids is 1. The van der Waals surface area contributed by atoms with Gasteiger partial charge in [-0.15, -0.1) is 0 Å². The Bertz CT molecular complexity index is 192. The van der Waals surface area contributed by atoms with E-state index in [1.807, 2.05) is 0 Å². The summed E-state index contributed by atoms with van der Waals surface area (Å²) in [7, 11) is 0. The van der Waals surface area contributed by atoms with Crippen molar-refractivity contribution < 1.29 is 28.0 Å². The van der Waals surface area contributed by atoms with Gasteiger partial charge in [0, 0.05) is 12.2 Å². The van der Waals surface area contributed by atoms with E-state index < -0.39 is 23.2 Å². The van der Waals surface area contributed by atoms with Gasteiger partial charge in [0.25, 0.3) is 11.4 Å². The predicted molar refractivity (Wildman–Crippen MR) is 39.4 cm³/mol. The van der Waals surface area contributed by atoms with Crippen LogP contribution in [-0.2, 0) is 21.0 Å². The molecule has 0 heterocycles. The molecule has 5 N–H and O–H groups in total. The van der Waals surface area contributed by atoms with Crippen LogP contribution in [0.1, 0.15) is 0 Å². The zero-order chi connectivity index (χ0) is 10.1. The summed E-state index contributed by atoms with van der Waals surface area (Å²) in [6.45, 7) is 0. The largest absolute Gasteiger partial charge is 0.478 e. The highest BCUT2D eigenvalue weighted by molar-refractivity contribution is 7.73. The van der Waals surface area contributed by atoms with Crippen LogP contribution in [0, 0.1) is 0 Å². The summed E-state index contributed by atoms with van der Waals surface area (Å²) in [6, 6.07) is 0. The molecule has 0 radical (unpaired) electrons. The van der Waals surface area contributed by atoms with Gasteiger partial charge in [0.1, 0.15) is 0 Å². The number of amides is 1. The molecule has 12 heavy (non-hydrogen) atoms. The van der Waals surface area contributed by atoms with Crippen molar-refractivity contribution >= 4 is 23.2 Å². The molecule has 70 valence electrons. The second kappa shape index (κ2) is 7.85. The monoisotopic (exact) mass is 197 g/mol. The lowest BCUT2D eigenvalue weighted by atomic mass is 10.5. The van der Waals surface area contributed by atoms with E-state index in [0.29, 0.717) is 6.08 Å². The number of aliphatic carboxylic acids is 1. The molecular weight excluding hydrogens is 190 g/mol. The van der Waals surface area contributed by atoms with Gasteiger partial charge in [-0.05, 0) is 0 Å². The van der Waals surface area contributed by atoms with E-state index in [9.17, 15) is 9.59 Å². The lowest BCUT2D eigenvalue weighted by Gasteiger charge is -1.75. The second-order valence-corrected chi connectivity index (χ2v) is 1.77. The van der Waals surface area contributed by atoms with E-state index in [-0.39, 0.29) is 0 Å². The van der Waals surface area contributed by atoms with E-state index in [1.165, 1.54) is 0 Å². The molecule has 0 saturated carbocycles. The van der Waals surface area contributed by atoms with Crippen LogP contribution in [0.4, 0.5) is 0 Å². The van der Waals surface area contributed by atoms with Crippen molar-refractivity contribution in [2.24, 2.45) is 5.73 Å². The van der Waals surface area contributed by atoms with Gasteiger partial charge in [0.05, 0.1) is 0 Å². The number of carbonyl (C=O) groups is 2. The summed E-state index contributed by atoms with van der Waals surface area (Å²) in [5.41, 5.74) is 4.55. The van der Waals surface area contributed by atoms with Crippen LogP contribution in [0.15, 0.2) is 12.2 Å². The molecule has 0 aromatic carbocycles. The van der Waals surface area contributed by atoms with Gasteiger partial charge < -0.3 is 10.8 Å². The minimum absolute atomic E-state index is 0.683. The molecule has 0 atom stereocenters. The second-order valence-electron chi connectivity index (χ2n) is 1.30. The van der Waals surface area contributed by atoms with E-state index in [2.05, 4.69) is 5.73 Å². The van der Waals surface area contributed by atoms with Gasteiger partial charge >= 0.3 is 5.97 Å². The number of primary amides is 1. The minimum Gasteiger partial charge on any atom is -0.478 e. The lowest BCUT2D eigenvalue weighted by molar-refractivity contribution is -0.131. The quantitative estimate of drug-likeness (QED) is 0.324. The Labute approximate surface area is 70.0 Å². The summed E-state index contributed by atoms with van der Waals surface area (Å²) in [4.78, 5) is 19.4. The van der Waals surface area contributed by atoms with Crippen LogP contribution in [0.5, 0.6) is 0 Å². The van der Waals surface area contributed by atoms with Crippen LogP contribution < -0.4 is 5.73 Å². The summed E-state index contributed by atoms with van der Waals surface area (Å²) < 4.78 is 22.8. The van der Waals surface area contributed by atoms with Crippen molar-refractivity contribution in [3.63, 3.8) is 0 Å². The third-order valence-electron chi connectivity index (χ3n) is 0.390. The van der Waals surface area contributed by atoms with Crippen molar-refractivity contribution in [3.8, 4) is 0 Å². The van der Waals surface area contributed by atoms with Crippen molar-refractivity contribution in [2.45, 2.75) is 0 Å². The van der Waals surface area contributed by atoms with Crippen LogP contribution in [0.2, 0.25) is 0 Å². The summed E-state index contributed by atoms with van der Waals surface area (Å²) >= 11 is -2.61. The molecule has 0 saturated heterocycles. The molecular formula is C4H7NO6S. The Morgan fingerprint density at radius 1 is 1.25 bits per heavy atom. The van der Waals surface area contributed by atoms with E-state index in [0.717, 1.165) is 6.08 Å². The molecule has 8 heteroatoms. The molecule has 0 fully saturated rings. The number of nitrogens with two attached hydrogens (primary N) is 1. The molecule has 0 aliphatic carbocycles. The molecule has 1 amide bonds. The number of hydrogen-bond donors (Lipinski definition) is 4. The Morgan fingerprint density at radius 3 is 1.67 bits per heavy atom. The van der Waals surface area contributed by atoms with Crippen molar-refractivity contribution in [1.82, 2.24) is 0 Å². The Balaban J connectivity index is 0. The average molecular weight is 197 g/mol. The molecule has 0 aliphatic rings. The van der Waals surface area contributed by atoms with Gasteiger partial charge in [0.2, 0.25) is 5.91 Å². The van der Waals surface area contributed by atoms with E-state index in [4.69, 9.17) is 18.4 Å². The molecule has 0 bridgehead atoms. The smallest absolute Gasteiger partial charge is 0.328 e. The average Bonchev–Trinajstić information content (AvgIpc) is 1.82. The summed E-state index contributed by atoms with van der Waals surface area (Å²) in [6.07, 6.45) is 1.46. The number of carbonyl (C=O) groups excluding carboxylic acids is 1. The fraction of sp³-hybridized carbons (Fsp3) is 0. The lowest BCUT2D eigenvalue weighted by Crippen LogP contribution is -2.06.